The summed E-state index contributed by atoms with van der Waals surface area (Å²) in [5, 5.41) is 0. The van der Waals surface area contributed by atoms with Crippen molar-refractivity contribution in [3.05, 3.63) is 35.9 Å². The van der Waals surface area contributed by atoms with Crippen LogP contribution in [0.3, 0.4) is 0 Å². The molecule has 6 heteroatoms. The molecule has 1 aromatic carbocycles. The van der Waals surface area contributed by atoms with E-state index in [4.69, 9.17) is 9.47 Å². The molecule has 3 aliphatic heterocycles. The largest absolute Gasteiger partial charge is 0.381 e. The zero-order chi connectivity index (χ0) is 19.4. The summed E-state index contributed by atoms with van der Waals surface area (Å²) in [7, 11) is 0. The number of hydrogen-bond acceptors (Lipinski definition) is 4. The Labute approximate surface area is 166 Å². The number of carbonyl (C=O) groups is 2. The summed E-state index contributed by atoms with van der Waals surface area (Å²) in [5.41, 5.74) is 1.05. The summed E-state index contributed by atoms with van der Waals surface area (Å²) in [6.45, 7) is 5.11. The van der Waals surface area contributed by atoms with Gasteiger partial charge in [-0.25, -0.2) is 0 Å². The van der Waals surface area contributed by atoms with E-state index in [1.54, 1.807) is 0 Å². The summed E-state index contributed by atoms with van der Waals surface area (Å²) in [6.07, 6.45) is 2.95. The fourth-order valence-corrected chi connectivity index (χ4v) is 4.84. The van der Waals surface area contributed by atoms with Gasteiger partial charge < -0.3 is 19.3 Å². The van der Waals surface area contributed by atoms with E-state index < -0.39 is 0 Å². The molecule has 3 aliphatic rings. The van der Waals surface area contributed by atoms with Gasteiger partial charge >= 0.3 is 0 Å². The molecule has 3 saturated heterocycles. The first-order valence-electron chi connectivity index (χ1n) is 10.4. The van der Waals surface area contributed by atoms with Crippen molar-refractivity contribution in [3.8, 4) is 0 Å². The molecule has 0 unspecified atom stereocenters. The molecule has 0 bridgehead atoms. The molecule has 0 saturated carbocycles. The third-order valence-electron chi connectivity index (χ3n) is 6.58. The second-order valence-corrected chi connectivity index (χ2v) is 8.22. The number of benzene rings is 1. The molecule has 0 aromatic heterocycles. The number of carbonyl (C=O) groups excluding carboxylic acids is 2. The number of likely N-dealkylation sites (tertiary alicyclic amines) is 1. The van der Waals surface area contributed by atoms with E-state index in [1.807, 2.05) is 28.0 Å². The number of amides is 2. The molecule has 1 spiro atoms. The first-order chi connectivity index (χ1) is 13.7. The van der Waals surface area contributed by atoms with E-state index in [1.165, 1.54) is 5.56 Å². The van der Waals surface area contributed by atoms with Crippen LogP contribution < -0.4 is 0 Å². The molecule has 28 heavy (non-hydrogen) atoms. The number of nitrogens with zero attached hydrogens (tertiary/aromatic N) is 2. The fraction of sp³-hybridized carbons (Fsp3) is 0.636. The maximum Gasteiger partial charge on any atom is 0.228 e. The Kier molecular flexibility index (Phi) is 5.97. The number of morpholine rings is 1. The van der Waals surface area contributed by atoms with Crippen LogP contribution in [-0.4, -0.2) is 74.2 Å². The second-order valence-electron chi connectivity index (χ2n) is 8.22. The first-order valence-corrected chi connectivity index (χ1v) is 10.4. The zero-order valence-electron chi connectivity index (χ0n) is 16.5. The average molecular weight is 386 g/mol. The van der Waals surface area contributed by atoms with Crippen LogP contribution in [-0.2, 0) is 25.5 Å². The van der Waals surface area contributed by atoms with Gasteiger partial charge in [-0.1, -0.05) is 30.3 Å². The van der Waals surface area contributed by atoms with Crippen molar-refractivity contribution in [2.24, 2.45) is 11.3 Å². The highest BCUT2D eigenvalue weighted by molar-refractivity contribution is 5.83. The van der Waals surface area contributed by atoms with Crippen LogP contribution in [0.5, 0.6) is 0 Å². The van der Waals surface area contributed by atoms with Gasteiger partial charge in [-0.2, -0.15) is 0 Å². The molecule has 1 atom stereocenters. The molecule has 3 heterocycles. The lowest BCUT2D eigenvalue weighted by molar-refractivity contribution is -0.144. The van der Waals surface area contributed by atoms with E-state index >= 15 is 0 Å². The minimum absolute atomic E-state index is 0.116. The highest BCUT2D eigenvalue weighted by atomic mass is 16.5. The minimum Gasteiger partial charge on any atom is -0.381 e. The fourth-order valence-electron chi connectivity index (χ4n) is 4.84. The molecule has 2 amide bonds. The van der Waals surface area contributed by atoms with Crippen molar-refractivity contribution in [2.75, 3.05) is 52.6 Å². The third kappa shape index (κ3) is 4.08. The smallest absolute Gasteiger partial charge is 0.228 e. The lowest BCUT2D eigenvalue weighted by Gasteiger charge is -2.39. The SMILES string of the molecule is O=C(CCc1ccccc1)N1C[C@@H](C(=O)N2CCOCC2)C2(CCOCC2)C1. The maximum atomic E-state index is 13.3. The lowest BCUT2D eigenvalue weighted by Crippen LogP contribution is -2.49. The van der Waals surface area contributed by atoms with E-state index in [-0.39, 0.29) is 23.1 Å². The molecule has 0 N–H and O–H groups in total. The summed E-state index contributed by atoms with van der Waals surface area (Å²) in [4.78, 5) is 30.1. The highest BCUT2D eigenvalue weighted by Gasteiger charge is 2.52. The summed E-state index contributed by atoms with van der Waals surface area (Å²) >= 11 is 0. The van der Waals surface area contributed by atoms with Gasteiger partial charge in [0.05, 0.1) is 19.1 Å². The molecule has 3 fully saturated rings. The normalized spacial score (nSPS) is 24.5. The van der Waals surface area contributed by atoms with Crippen molar-refractivity contribution in [1.29, 1.82) is 0 Å². The topological polar surface area (TPSA) is 59.1 Å². The Hall–Kier alpha value is -1.92. The molecule has 0 aliphatic carbocycles. The molecule has 1 aromatic rings. The Morgan fingerprint density at radius 3 is 2.36 bits per heavy atom. The average Bonchev–Trinajstić information content (AvgIpc) is 3.12. The van der Waals surface area contributed by atoms with Crippen molar-refractivity contribution < 1.29 is 19.1 Å². The molecular weight excluding hydrogens is 356 g/mol. The number of rotatable bonds is 4. The number of hydrogen-bond donors (Lipinski definition) is 0. The molecule has 6 nitrogen and oxygen atoms in total. The van der Waals surface area contributed by atoms with Gasteiger partial charge in [-0.05, 0) is 24.8 Å². The summed E-state index contributed by atoms with van der Waals surface area (Å²) in [6, 6.07) is 10.1. The van der Waals surface area contributed by atoms with Crippen molar-refractivity contribution >= 4 is 11.8 Å². The van der Waals surface area contributed by atoms with Crippen molar-refractivity contribution in [3.63, 3.8) is 0 Å². The van der Waals surface area contributed by atoms with Gasteiger partial charge in [0.25, 0.3) is 0 Å². The lowest BCUT2D eigenvalue weighted by atomic mass is 9.71. The van der Waals surface area contributed by atoms with Crippen LogP contribution in [0.4, 0.5) is 0 Å². The van der Waals surface area contributed by atoms with Crippen molar-refractivity contribution in [1.82, 2.24) is 9.80 Å². The van der Waals surface area contributed by atoms with Crippen LogP contribution in [0.1, 0.15) is 24.8 Å². The van der Waals surface area contributed by atoms with Gasteiger partial charge in [-0.3, -0.25) is 9.59 Å². The minimum atomic E-state index is -0.129. The molecular formula is C22H30N2O4. The molecule has 0 radical (unpaired) electrons. The summed E-state index contributed by atoms with van der Waals surface area (Å²) < 4.78 is 11.0. The van der Waals surface area contributed by atoms with Gasteiger partial charge in [0.1, 0.15) is 0 Å². The highest BCUT2D eigenvalue weighted by Crippen LogP contribution is 2.45. The van der Waals surface area contributed by atoms with E-state index in [9.17, 15) is 9.59 Å². The summed E-state index contributed by atoms with van der Waals surface area (Å²) in [5.74, 6) is 0.241. The van der Waals surface area contributed by atoms with Gasteiger partial charge in [0.15, 0.2) is 0 Å². The standard InChI is InChI=1S/C22H30N2O4/c25-20(7-6-18-4-2-1-3-5-18)24-16-19(21(26)23-10-14-28-15-11-23)22(17-24)8-12-27-13-9-22/h1-5,19H,6-17H2/t19-/m0/s1. The predicted octanol–water partition coefficient (Wildman–Crippen LogP) is 1.73. The van der Waals surface area contributed by atoms with E-state index in [0.717, 1.165) is 19.3 Å². The monoisotopic (exact) mass is 386 g/mol. The van der Waals surface area contributed by atoms with Crippen LogP contribution in [0.2, 0.25) is 0 Å². The predicted molar refractivity (Wildman–Crippen MR) is 105 cm³/mol. The van der Waals surface area contributed by atoms with Crippen LogP contribution in [0.15, 0.2) is 30.3 Å². The van der Waals surface area contributed by atoms with Gasteiger partial charge in [0.2, 0.25) is 11.8 Å². The zero-order valence-corrected chi connectivity index (χ0v) is 16.5. The molecule has 152 valence electrons. The van der Waals surface area contributed by atoms with Crippen molar-refractivity contribution in [2.45, 2.75) is 25.7 Å². The Balaban J connectivity index is 1.44. The first kappa shape index (κ1) is 19.4. The Morgan fingerprint density at radius 2 is 1.64 bits per heavy atom. The quantitative estimate of drug-likeness (QED) is 0.791. The van der Waals surface area contributed by atoms with Crippen LogP contribution in [0.25, 0.3) is 0 Å². The number of aryl methyl sites for hydroxylation is 1. The maximum absolute atomic E-state index is 13.3. The van der Waals surface area contributed by atoms with Crippen LogP contribution >= 0.6 is 0 Å². The van der Waals surface area contributed by atoms with E-state index in [2.05, 4.69) is 12.1 Å². The van der Waals surface area contributed by atoms with Crippen LogP contribution in [0, 0.1) is 11.3 Å². The third-order valence-corrected chi connectivity index (χ3v) is 6.58. The van der Waals surface area contributed by atoms with Gasteiger partial charge in [-0.15, -0.1) is 0 Å². The number of ether oxygens (including phenoxy) is 2. The Morgan fingerprint density at radius 1 is 0.964 bits per heavy atom. The van der Waals surface area contributed by atoms with Gasteiger partial charge in [0, 0.05) is 51.2 Å². The second kappa shape index (κ2) is 8.62. The van der Waals surface area contributed by atoms with E-state index in [0.29, 0.717) is 59.0 Å². The molecule has 4 rings (SSSR count). The Bertz CT molecular complexity index is 681.